The van der Waals surface area contributed by atoms with Gasteiger partial charge in [-0.3, -0.25) is 0 Å². The van der Waals surface area contributed by atoms with Gasteiger partial charge >= 0.3 is 0 Å². The van der Waals surface area contributed by atoms with Gasteiger partial charge in [0.1, 0.15) is 0 Å². The normalized spacial score (nSPS) is 13.9. The minimum Gasteiger partial charge on any atom is -0.310 e. The van der Waals surface area contributed by atoms with Crippen molar-refractivity contribution in [2.24, 2.45) is 0 Å². The number of nitrogens with zero attached hydrogens (tertiary/aromatic N) is 1. The fourth-order valence-electron chi connectivity index (χ4n) is 11.8. The van der Waals surface area contributed by atoms with Crippen molar-refractivity contribution in [3.8, 4) is 33.4 Å². The molecule has 0 aromatic heterocycles. The molecular weight excluding hydrogens is 783 g/mol. The molecule has 2 aliphatic rings. The van der Waals surface area contributed by atoms with Crippen LogP contribution in [0.4, 0.5) is 17.1 Å². The van der Waals surface area contributed by atoms with E-state index in [2.05, 4.69) is 255 Å². The van der Waals surface area contributed by atoms with Crippen LogP contribution in [0.25, 0.3) is 65.7 Å². The van der Waals surface area contributed by atoms with Crippen molar-refractivity contribution < 1.29 is 0 Å². The highest BCUT2D eigenvalue weighted by molar-refractivity contribution is 6.26. The maximum Gasteiger partial charge on any atom is 0.0720 e. The second kappa shape index (κ2) is 14.3. The van der Waals surface area contributed by atoms with Gasteiger partial charge < -0.3 is 4.90 Å². The summed E-state index contributed by atoms with van der Waals surface area (Å²) in [5, 5.41) is 7.60. The Kier molecular flexibility index (Phi) is 8.24. The van der Waals surface area contributed by atoms with Crippen LogP contribution < -0.4 is 4.90 Å². The zero-order chi connectivity index (χ0) is 43.3. The van der Waals surface area contributed by atoms with E-state index in [0.29, 0.717) is 0 Å². The Morgan fingerprint density at radius 1 is 0.292 bits per heavy atom. The first-order valence-corrected chi connectivity index (χ1v) is 22.8. The minimum absolute atomic E-state index is 0.165. The van der Waals surface area contributed by atoms with Gasteiger partial charge in [0.15, 0.2) is 0 Å². The van der Waals surface area contributed by atoms with Crippen LogP contribution in [0.5, 0.6) is 0 Å². The number of rotatable bonds is 5. The molecule has 0 unspecified atom stereocenters. The van der Waals surface area contributed by atoms with Crippen molar-refractivity contribution in [3.63, 3.8) is 0 Å². The van der Waals surface area contributed by atoms with Gasteiger partial charge in [0.05, 0.1) is 11.1 Å². The van der Waals surface area contributed by atoms with Gasteiger partial charge in [0.2, 0.25) is 0 Å². The van der Waals surface area contributed by atoms with E-state index in [9.17, 15) is 0 Å². The fraction of sp³-hybridized carbons (Fsp3) is 0.0625. The van der Waals surface area contributed by atoms with Crippen molar-refractivity contribution in [2.45, 2.75) is 24.7 Å². The summed E-state index contributed by atoms with van der Waals surface area (Å²) in [6.07, 6.45) is 0. The molecule has 1 heteroatoms. The number of hydrogen-bond donors (Lipinski definition) is 0. The Balaban J connectivity index is 1.06. The summed E-state index contributed by atoms with van der Waals surface area (Å²) >= 11 is 0. The van der Waals surface area contributed by atoms with E-state index in [1.807, 2.05) is 0 Å². The minimum atomic E-state index is -0.495. The SMILES string of the molecule is CC1(C)c2ccccc2C2(c3ccccc3-c3c(N(c4ccc(-c5ccc(-c6ccccc6)cc5)cc4)c4ccc5c6ccccc6c6ccccc6c5c4)cccc32)c2ccccc21. The van der Waals surface area contributed by atoms with Crippen LogP contribution in [0.2, 0.25) is 0 Å². The summed E-state index contributed by atoms with van der Waals surface area (Å²) in [4.78, 5) is 2.52. The Morgan fingerprint density at radius 3 is 1.29 bits per heavy atom. The average molecular weight is 828 g/mol. The third-order valence-corrected chi connectivity index (χ3v) is 14.7. The molecule has 11 aromatic rings. The Bertz CT molecular complexity index is 3590. The molecule has 0 bridgehead atoms. The fourth-order valence-corrected chi connectivity index (χ4v) is 11.8. The van der Waals surface area contributed by atoms with Crippen LogP contribution in [0.3, 0.4) is 0 Å². The summed E-state index contributed by atoms with van der Waals surface area (Å²) in [7, 11) is 0. The van der Waals surface area contributed by atoms with Crippen molar-refractivity contribution in [1.82, 2.24) is 0 Å². The molecule has 0 heterocycles. The molecule has 306 valence electrons. The highest BCUT2D eigenvalue weighted by Gasteiger charge is 2.53. The average Bonchev–Trinajstić information content (AvgIpc) is 3.68. The van der Waals surface area contributed by atoms with Crippen LogP contribution in [0, 0.1) is 0 Å². The zero-order valence-electron chi connectivity index (χ0n) is 36.5. The lowest BCUT2D eigenvalue weighted by atomic mass is 9.55. The lowest BCUT2D eigenvalue weighted by Gasteiger charge is -2.46. The van der Waals surface area contributed by atoms with E-state index >= 15 is 0 Å². The third-order valence-electron chi connectivity index (χ3n) is 14.7. The maximum atomic E-state index is 2.52. The molecule has 0 atom stereocenters. The van der Waals surface area contributed by atoms with Gasteiger partial charge in [-0.05, 0) is 124 Å². The molecular formula is C64H45N. The first-order chi connectivity index (χ1) is 32.0. The molecule has 0 saturated heterocycles. The first kappa shape index (κ1) is 37.5. The summed E-state index contributed by atoms with van der Waals surface area (Å²) < 4.78 is 0. The van der Waals surface area contributed by atoms with E-state index in [-0.39, 0.29) is 5.41 Å². The molecule has 1 nitrogen and oxygen atoms in total. The number of benzene rings is 11. The Hall–Kier alpha value is -8.00. The molecule has 1 spiro atoms. The maximum absolute atomic E-state index is 2.52. The highest BCUT2D eigenvalue weighted by atomic mass is 15.1. The Labute approximate surface area is 380 Å². The molecule has 11 aromatic carbocycles. The van der Waals surface area contributed by atoms with Crippen LogP contribution >= 0.6 is 0 Å². The molecule has 0 amide bonds. The van der Waals surface area contributed by atoms with Crippen LogP contribution in [-0.2, 0) is 10.8 Å². The van der Waals surface area contributed by atoms with Gasteiger partial charge in [-0.2, -0.15) is 0 Å². The van der Waals surface area contributed by atoms with Crippen LogP contribution in [0.15, 0.2) is 237 Å². The molecule has 0 aliphatic heterocycles. The van der Waals surface area contributed by atoms with E-state index in [1.54, 1.807) is 0 Å². The second-order valence-electron chi connectivity index (χ2n) is 18.4. The van der Waals surface area contributed by atoms with Gasteiger partial charge in [-0.25, -0.2) is 0 Å². The van der Waals surface area contributed by atoms with Crippen LogP contribution in [-0.4, -0.2) is 0 Å². The van der Waals surface area contributed by atoms with Crippen molar-refractivity contribution >= 4 is 49.4 Å². The molecule has 65 heavy (non-hydrogen) atoms. The van der Waals surface area contributed by atoms with Gasteiger partial charge in [-0.15, -0.1) is 0 Å². The lowest BCUT2D eigenvalue weighted by molar-refractivity contribution is 0.563. The number of anilines is 3. The van der Waals surface area contributed by atoms with Crippen molar-refractivity contribution in [1.29, 1.82) is 0 Å². The van der Waals surface area contributed by atoms with Gasteiger partial charge in [-0.1, -0.05) is 220 Å². The molecule has 0 N–H and O–H groups in total. The largest absolute Gasteiger partial charge is 0.310 e. The lowest BCUT2D eigenvalue weighted by Crippen LogP contribution is -2.40. The predicted octanol–water partition coefficient (Wildman–Crippen LogP) is 17.0. The van der Waals surface area contributed by atoms with E-state index < -0.39 is 5.41 Å². The smallest absolute Gasteiger partial charge is 0.0720 e. The topological polar surface area (TPSA) is 3.24 Å². The summed E-state index contributed by atoms with van der Waals surface area (Å²) in [6.45, 7) is 4.79. The zero-order valence-corrected chi connectivity index (χ0v) is 36.5. The first-order valence-electron chi connectivity index (χ1n) is 22.8. The number of fused-ring (bicyclic) bond motifs is 15. The Morgan fingerprint density at radius 2 is 0.708 bits per heavy atom. The number of hydrogen-bond acceptors (Lipinski definition) is 1. The summed E-state index contributed by atoms with van der Waals surface area (Å²) in [5.41, 5.74) is 18.3. The second-order valence-corrected chi connectivity index (χ2v) is 18.4. The van der Waals surface area contributed by atoms with E-state index in [4.69, 9.17) is 0 Å². The summed E-state index contributed by atoms with van der Waals surface area (Å²) in [6, 6.07) is 88.3. The van der Waals surface area contributed by atoms with E-state index in [0.717, 1.165) is 17.1 Å². The molecule has 0 saturated carbocycles. The standard InChI is InChI=1S/C64H45N/c1-63(2)56-25-12-14-27-58(56)64(59-28-15-13-26-57(59)63)55-24-11-10-23-53(55)62-60(64)29-16-30-61(62)65(46-37-35-45(36-38-46)44-33-31-43(32-34-44)42-17-4-3-5-18-42)47-39-40-52-50-21-7-6-19-48(50)49-20-8-9-22-51(49)54(52)41-47/h3-41H,1-2H3. The van der Waals surface area contributed by atoms with Gasteiger partial charge in [0, 0.05) is 22.4 Å². The third kappa shape index (κ3) is 5.39. The summed E-state index contributed by atoms with van der Waals surface area (Å²) in [5.74, 6) is 0. The van der Waals surface area contributed by atoms with Crippen LogP contribution in [0.1, 0.15) is 47.2 Å². The molecule has 0 radical (unpaired) electrons. The molecule has 2 aliphatic carbocycles. The van der Waals surface area contributed by atoms with Crippen molar-refractivity contribution in [2.75, 3.05) is 4.90 Å². The quantitative estimate of drug-likeness (QED) is 0.156. The predicted molar refractivity (Wildman–Crippen MR) is 274 cm³/mol. The van der Waals surface area contributed by atoms with Gasteiger partial charge in [0.25, 0.3) is 0 Å². The molecule has 13 rings (SSSR count). The monoisotopic (exact) mass is 827 g/mol. The van der Waals surface area contributed by atoms with Crippen molar-refractivity contribution in [3.05, 3.63) is 270 Å². The van der Waals surface area contributed by atoms with E-state index in [1.165, 1.54) is 99.1 Å². The molecule has 0 fully saturated rings. The highest BCUT2D eigenvalue weighted by Crippen LogP contribution is 2.64.